The van der Waals surface area contributed by atoms with Crippen molar-refractivity contribution >= 4 is 11.6 Å². The molecular weight excluding hydrogens is 284 g/mol. The average Bonchev–Trinajstić information content (AvgIpc) is 2.93. The maximum atomic E-state index is 6.17. The van der Waals surface area contributed by atoms with Gasteiger partial charge in [0.1, 0.15) is 5.15 Å². The number of aromatic nitrogens is 4. The third kappa shape index (κ3) is 2.81. The number of benzene rings is 1. The fraction of sp³-hybridized carbons (Fsp3) is 0.188. The van der Waals surface area contributed by atoms with E-state index in [1.165, 1.54) is 5.56 Å². The highest BCUT2D eigenvalue weighted by Gasteiger charge is 2.11. The normalized spacial score (nSPS) is 10.8. The number of rotatable bonds is 3. The fourth-order valence-corrected chi connectivity index (χ4v) is 2.47. The number of aryl methyl sites for hydroxylation is 2. The summed E-state index contributed by atoms with van der Waals surface area (Å²) in [5.41, 5.74) is 3.94. The molecule has 0 radical (unpaired) electrons. The van der Waals surface area contributed by atoms with Crippen molar-refractivity contribution in [2.24, 2.45) is 7.05 Å². The molecule has 0 atom stereocenters. The van der Waals surface area contributed by atoms with Crippen LogP contribution in [0.2, 0.25) is 5.15 Å². The van der Waals surface area contributed by atoms with Gasteiger partial charge in [0.05, 0.1) is 11.9 Å². The SMILES string of the molecule is CCc1ccccc1-c1nc(Cl)cc(-c2cnn(C)c2)n1. The minimum Gasteiger partial charge on any atom is -0.275 e. The maximum Gasteiger partial charge on any atom is 0.161 e. The Labute approximate surface area is 128 Å². The summed E-state index contributed by atoms with van der Waals surface area (Å²) in [7, 11) is 1.87. The zero-order valence-corrected chi connectivity index (χ0v) is 12.7. The molecule has 2 heterocycles. The van der Waals surface area contributed by atoms with Crippen LogP contribution in [0.5, 0.6) is 0 Å². The highest BCUT2D eigenvalue weighted by molar-refractivity contribution is 6.29. The summed E-state index contributed by atoms with van der Waals surface area (Å²) in [6.45, 7) is 2.12. The van der Waals surface area contributed by atoms with Crippen molar-refractivity contribution < 1.29 is 0 Å². The third-order valence-corrected chi connectivity index (χ3v) is 3.53. The third-order valence-electron chi connectivity index (χ3n) is 3.33. The molecule has 3 rings (SSSR count). The molecule has 5 heteroatoms. The summed E-state index contributed by atoms with van der Waals surface area (Å²) in [5, 5.41) is 4.61. The van der Waals surface area contributed by atoms with Crippen LogP contribution in [-0.4, -0.2) is 19.7 Å². The number of halogens is 1. The van der Waals surface area contributed by atoms with E-state index in [-0.39, 0.29) is 0 Å². The van der Waals surface area contributed by atoms with Crippen molar-refractivity contribution in [3.05, 3.63) is 53.4 Å². The van der Waals surface area contributed by atoms with Gasteiger partial charge in [-0.2, -0.15) is 5.10 Å². The van der Waals surface area contributed by atoms with Gasteiger partial charge in [-0.15, -0.1) is 0 Å². The first-order valence-corrected chi connectivity index (χ1v) is 7.17. The van der Waals surface area contributed by atoms with Crippen LogP contribution in [-0.2, 0) is 13.5 Å². The van der Waals surface area contributed by atoms with Gasteiger partial charge in [-0.3, -0.25) is 4.68 Å². The van der Waals surface area contributed by atoms with Gasteiger partial charge < -0.3 is 0 Å². The Morgan fingerprint density at radius 3 is 2.71 bits per heavy atom. The van der Waals surface area contributed by atoms with E-state index in [0.29, 0.717) is 11.0 Å². The molecule has 3 aromatic rings. The molecule has 0 amide bonds. The van der Waals surface area contributed by atoms with E-state index in [1.54, 1.807) is 16.9 Å². The van der Waals surface area contributed by atoms with Crippen molar-refractivity contribution in [1.82, 2.24) is 19.7 Å². The van der Waals surface area contributed by atoms with Crippen LogP contribution in [0.3, 0.4) is 0 Å². The van der Waals surface area contributed by atoms with Crippen LogP contribution < -0.4 is 0 Å². The van der Waals surface area contributed by atoms with E-state index in [9.17, 15) is 0 Å². The van der Waals surface area contributed by atoms with E-state index >= 15 is 0 Å². The average molecular weight is 299 g/mol. The second kappa shape index (κ2) is 5.66. The molecule has 2 aromatic heterocycles. The van der Waals surface area contributed by atoms with E-state index in [1.807, 2.05) is 31.4 Å². The molecule has 0 N–H and O–H groups in total. The van der Waals surface area contributed by atoms with Crippen LogP contribution >= 0.6 is 11.6 Å². The number of hydrogen-bond acceptors (Lipinski definition) is 3. The highest BCUT2D eigenvalue weighted by Crippen LogP contribution is 2.26. The van der Waals surface area contributed by atoms with E-state index in [2.05, 4.69) is 28.1 Å². The molecule has 0 bridgehead atoms. The second-order valence-corrected chi connectivity index (χ2v) is 5.20. The van der Waals surface area contributed by atoms with Crippen molar-refractivity contribution in [1.29, 1.82) is 0 Å². The summed E-state index contributed by atoms with van der Waals surface area (Å²) < 4.78 is 1.74. The summed E-state index contributed by atoms with van der Waals surface area (Å²) in [4.78, 5) is 9.02. The molecule has 0 saturated carbocycles. The molecule has 0 unspecified atom stereocenters. The zero-order valence-electron chi connectivity index (χ0n) is 11.9. The minimum atomic E-state index is 0.435. The second-order valence-electron chi connectivity index (χ2n) is 4.81. The molecule has 0 saturated heterocycles. The first-order valence-electron chi connectivity index (χ1n) is 6.79. The Balaban J connectivity index is 2.14. The Bertz CT molecular complexity index is 779. The number of hydrogen-bond donors (Lipinski definition) is 0. The zero-order chi connectivity index (χ0) is 14.8. The Morgan fingerprint density at radius 1 is 1.19 bits per heavy atom. The Hall–Kier alpha value is -2.20. The maximum absolute atomic E-state index is 6.17. The van der Waals surface area contributed by atoms with Gasteiger partial charge in [-0.05, 0) is 12.0 Å². The number of nitrogens with zero attached hydrogens (tertiary/aromatic N) is 4. The smallest absolute Gasteiger partial charge is 0.161 e. The van der Waals surface area contributed by atoms with E-state index < -0.39 is 0 Å². The Kier molecular flexibility index (Phi) is 3.71. The molecular formula is C16H15ClN4. The lowest BCUT2D eigenvalue weighted by molar-refractivity contribution is 0.768. The van der Waals surface area contributed by atoms with Gasteiger partial charge >= 0.3 is 0 Å². The molecule has 21 heavy (non-hydrogen) atoms. The van der Waals surface area contributed by atoms with Crippen molar-refractivity contribution in [3.63, 3.8) is 0 Å². The van der Waals surface area contributed by atoms with Crippen LogP contribution in [0.15, 0.2) is 42.7 Å². The van der Waals surface area contributed by atoms with E-state index in [4.69, 9.17) is 11.6 Å². The first kappa shape index (κ1) is 13.8. The summed E-state index contributed by atoms with van der Waals surface area (Å²) >= 11 is 6.17. The molecule has 0 fully saturated rings. The van der Waals surface area contributed by atoms with Crippen LogP contribution in [0.4, 0.5) is 0 Å². The van der Waals surface area contributed by atoms with Crippen molar-refractivity contribution in [2.75, 3.05) is 0 Å². The monoisotopic (exact) mass is 298 g/mol. The van der Waals surface area contributed by atoms with Crippen molar-refractivity contribution in [2.45, 2.75) is 13.3 Å². The predicted octanol–water partition coefficient (Wildman–Crippen LogP) is 3.76. The first-order chi connectivity index (χ1) is 10.2. The van der Waals surface area contributed by atoms with Gasteiger partial charge in [0.15, 0.2) is 5.82 Å². The van der Waals surface area contributed by atoms with Crippen LogP contribution in [0.1, 0.15) is 12.5 Å². The largest absolute Gasteiger partial charge is 0.275 e. The van der Waals surface area contributed by atoms with Crippen LogP contribution in [0.25, 0.3) is 22.6 Å². The lowest BCUT2D eigenvalue weighted by atomic mass is 10.0. The molecule has 1 aromatic carbocycles. The fourth-order valence-electron chi connectivity index (χ4n) is 2.29. The predicted molar refractivity (Wildman–Crippen MR) is 84.1 cm³/mol. The topological polar surface area (TPSA) is 43.6 Å². The summed E-state index contributed by atoms with van der Waals surface area (Å²) in [5.74, 6) is 0.652. The Morgan fingerprint density at radius 2 is 2.00 bits per heavy atom. The molecule has 0 aliphatic rings. The van der Waals surface area contributed by atoms with Gasteiger partial charge in [0.25, 0.3) is 0 Å². The minimum absolute atomic E-state index is 0.435. The van der Waals surface area contributed by atoms with Gasteiger partial charge in [0.2, 0.25) is 0 Å². The molecule has 106 valence electrons. The highest BCUT2D eigenvalue weighted by atomic mass is 35.5. The molecule has 0 spiro atoms. The van der Waals surface area contributed by atoms with Crippen LogP contribution in [0, 0.1) is 0 Å². The molecule has 0 aliphatic carbocycles. The van der Waals surface area contributed by atoms with Gasteiger partial charge in [-0.1, -0.05) is 42.8 Å². The lowest BCUT2D eigenvalue weighted by Gasteiger charge is -2.08. The summed E-state index contributed by atoms with van der Waals surface area (Å²) in [6, 6.07) is 9.88. The van der Waals surface area contributed by atoms with Crippen molar-refractivity contribution in [3.8, 4) is 22.6 Å². The summed E-state index contributed by atoms with van der Waals surface area (Å²) in [6.07, 6.45) is 4.61. The van der Waals surface area contributed by atoms with Gasteiger partial charge in [0, 0.05) is 30.4 Å². The standard InChI is InChI=1S/C16H15ClN4/c1-3-11-6-4-5-7-13(11)16-19-14(8-15(17)20-16)12-9-18-21(2)10-12/h4-10H,3H2,1-2H3. The van der Waals surface area contributed by atoms with Gasteiger partial charge in [-0.25, -0.2) is 9.97 Å². The molecule has 0 aliphatic heterocycles. The lowest BCUT2D eigenvalue weighted by Crippen LogP contribution is -1.96. The van der Waals surface area contributed by atoms with E-state index in [0.717, 1.165) is 23.2 Å². The molecule has 4 nitrogen and oxygen atoms in total. The quantitative estimate of drug-likeness (QED) is 0.692.